The molecule has 2 aromatic rings. The molecule has 0 atom stereocenters. The van der Waals surface area contributed by atoms with Gasteiger partial charge in [-0.15, -0.1) is 0 Å². The van der Waals surface area contributed by atoms with Crippen LogP contribution in [0.1, 0.15) is 0 Å². The molecule has 0 saturated heterocycles. The van der Waals surface area contributed by atoms with E-state index >= 15 is 0 Å². The molecule has 0 aliphatic rings. The van der Waals surface area contributed by atoms with Crippen molar-refractivity contribution >= 4 is 58.0 Å². The average molecular weight is 356 g/mol. The lowest BCUT2D eigenvalue weighted by atomic mass is 10.1. The first kappa shape index (κ1) is 15.1. The number of ether oxygens (including phenoxy) is 1. The van der Waals surface area contributed by atoms with Crippen molar-refractivity contribution in [3.8, 4) is 16.9 Å². The minimum Gasteiger partial charge on any atom is -0.495 e. The van der Waals surface area contributed by atoms with E-state index in [2.05, 4.69) is 0 Å². The third-order valence-electron chi connectivity index (χ3n) is 2.54. The van der Waals surface area contributed by atoms with Gasteiger partial charge < -0.3 is 4.74 Å². The Kier molecular flexibility index (Phi) is 4.75. The fourth-order valence-corrected chi connectivity index (χ4v) is 2.83. The Morgan fingerprint density at radius 3 is 1.68 bits per heavy atom. The Morgan fingerprint density at radius 2 is 1.11 bits per heavy atom. The summed E-state index contributed by atoms with van der Waals surface area (Å²) in [5.41, 5.74) is 1.34. The van der Waals surface area contributed by atoms with Gasteiger partial charge in [0, 0.05) is 11.1 Å². The van der Waals surface area contributed by atoms with Crippen molar-refractivity contribution in [2.75, 3.05) is 7.11 Å². The summed E-state index contributed by atoms with van der Waals surface area (Å²) in [5, 5.41) is 2.10. The molecule has 0 aliphatic carbocycles. The van der Waals surface area contributed by atoms with Gasteiger partial charge in [0.05, 0.1) is 32.2 Å². The van der Waals surface area contributed by atoms with Crippen molar-refractivity contribution < 1.29 is 4.74 Å². The third-order valence-corrected chi connectivity index (χ3v) is 4.18. The van der Waals surface area contributed by atoms with Gasteiger partial charge in [0.2, 0.25) is 0 Å². The second-order valence-electron chi connectivity index (χ2n) is 3.71. The highest BCUT2D eigenvalue weighted by atomic mass is 35.5. The van der Waals surface area contributed by atoms with Gasteiger partial charge in [-0.05, 0) is 24.3 Å². The quantitative estimate of drug-likeness (QED) is 0.549. The lowest BCUT2D eigenvalue weighted by Crippen LogP contribution is -1.88. The molecule has 6 heteroatoms. The molecule has 1 nitrogen and oxygen atoms in total. The standard InChI is InChI=1S/C13H7Cl5O/c1-19-13-3-7(9(15)5-12(13)18)6-2-10(16)11(17)4-8(6)14/h2-5H,1H3. The van der Waals surface area contributed by atoms with Crippen LogP contribution in [0.25, 0.3) is 11.1 Å². The summed E-state index contributed by atoms with van der Waals surface area (Å²) < 4.78 is 5.16. The van der Waals surface area contributed by atoms with Crippen molar-refractivity contribution in [2.24, 2.45) is 0 Å². The van der Waals surface area contributed by atoms with Crippen LogP contribution in [-0.2, 0) is 0 Å². The molecule has 0 unspecified atom stereocenters. The highest BCUT2D eigenvalue weighted by molar-refractivity contribution is 6.44. The van der Waals surface area contributed by atoms with E-state index in [0.717, 1.165) is 0 Å². The summed E-state index contributed by atoms with van der Waals surface area (Å²) in [7, 11) is 1.52. The summed E-state index contributed by atoms with van der Waals surface area (Å²) in [4.78, 5) is 0. The molecule has 2 aromatic carbocycles. The number of methoxy groups -OCH3 is 1. The first-order chi connectivity index (χ1) is 8.93. The Labute approximate surface area is 135 Å². The van der Waals surface area contributed by atoms with Crippen LogP contribution in [0.4, 0.5) is 0 Å². The Balaban J connectivity index is 2.68. The van der Waals surface area contributed by atoms with Crippen molar-refractivity contribution in [1.82, 2.24) is 0 Å². The summed E-state index contributed by atoms with van der Waals surface area (Å²) in [5.74, 6) is 0.503. The van der Waals surface area contributed by atoms with Gasteiger partial charge in [0.25, 0.3) is 0 Å². The maximum Gasteiger partial charge on any atom is 0.138 e. The molecule has 19 heavy (non-hydrogen) atoms. The molecule has 0 bridgehead atoms. The third kappa shape index (κ3) is 3.07. The highest BCUT2D eigenvalue weighted by Gasteiger charge is 2.14. The Bertz CT molecular complexity index is 639. The molecule has 0 aromatic heterocycles. The lowest BCUT2D eigenvalue weighted by molar-refractivity contribution is 0.415. The molecule has 0 N–H and O–H groups in total. The molecular weight excluding hydrogens is 349 g/mol. The van der Waals surface area contributed by atoms with Crippen molar-refractivity contribution in [1.29, 1.82) is 0 Å². The molecule has 100 valence electrons. The van der Waals surface area contributed by atoms with Gasteiger partial charge in [-0.3, -0.25) is 0 Å². The van der Waals surface area contributed by atoms with Crippen LogP contribution >= 0.6 is 58.0 Å². The number of hydrogen-bond donors (Lipinski definition) is 0. The number of benzene rings is 2. The fourth-order valence-electron chi connectivity index (χ4n) is 1.62. The van der Waals surface area contributed by atoms with E-state index in [-0.39, 0.29) is 0 Å². The van der Waals surface area contributed by atoms with Gasteiger partial charge in [-0.25, -0.2) is 0 Å². The van der Waals surface area contributed by atoms with Gasteiger partial charge in [-0.1, -0.05) is 58.0 Å². The van der Waals surface area contributed by atoms with E-state index in [1.165, 1.54) is 7.11 Å². The minimum absolute atomic E-state index is 0.382. The van der Waals surface area contributed by atoms with Gasteiger partial charge in [0.1, 0.15) is 5.75 Å². The molecular formula is C13H7Cl5O. The van der Waals surface area contributed by atoms with Crippen molar-refractivity contribution in [2.45, 2.75) is 0 Å². The first-order valence-corrected chi connectivity index (χ1v) is 7.01. The van der Waals surface area contributed by atoms with Crippen LogP contribution in [0, 0.1) is 0 Å². The molecule has 0 amide bonds. The summed E-state index contributed by atoms with van der Waals surface area (Å²) in [6, 6.07) is 6.52. The zero-order valence-corrected chi connectivity index (χ0v) is 13.4. The highest BCUT2D eigenvalue weighted by Crippen LogP contribution is 2.41. The maximum absolute atomic E-state index is 6.18. The molecule has 0 fully saturated rings. The number of halogens is 5. The molecule has 0 spiro atoms. The van der Waals surface area contributed by atoms with Crippen LogP contribution in [0.2, 0.25) is 25.1 Å². The molecule has 2 rings (SSSR count). The molecule has 0 aliphatic heterocycles. The molecule has 0 heterocycles. The predicted molar refractivity (Wildman–Crippen MR) is 83.5 cm³/mol. The second kappa shape index (κ2) is 5.99. The van der Waals surface area contributed by atoms with E-state index in [1.54, 1.807) is 24.3 Å². The summed E-state index contributed by atoms with van der Waals surface area (Å²) in [6.07, 6.45) is 0. The number of rotatable bonds is 2. The zero-order chi connectivity index (χ0) is 14.2. The van der Waals surface area contributed by atoms with Gasteiger partial charge in [-0.2, -0.15) is 0 Å². The maximum atomic E-state index is 6.18. The van der Waals surface area contributed by atoms with Crippen LogP contribution in [0.3, 0.4) is 0 Å². The average Bonchev–Trinajstić information content (AvgIpc) is 2.35. The summed E-state index contributed by atoms with van der Waals surface area (Å²) in [6.45, 7) is 0. The zero-order valence-electron chi connectivity index (χ0n) is 9.61. The SMILES string of the molecule is COc1cc(-c2cc(Cl)c(Cl)cc2Cl)c(Cl)cc1Cl. The van der Waals surface area contributed by atoms with E-state index in [0.29, 0.717) is 42.0 Å². The van der Waals surface area contributed by atoms with Gasteiger partial charge >= 0.3 is 0 Å². The van der Waals surface area contributed by atoms with Gasteiger partial charge in [0.15, 0.2) is 0 Å². The predicted octanol–water partition coefficient (Wildman–Crippen LogP) is 6.63. The molecule has 0 saturated carbocycles. The molecule has 0 radical (unpaired) electrons. The van der Waals surface area contributed by atoms with Crippen molar-refractivity contribution in [3.05, 3.63) is 49.4 Å². The van der Waals surface area contributed by atoms with Crippen LogP contribution < -0.4 is 4.74 Å². The Morgan fingerprint density at radius 1 is 0.632 bits per heavy atom. The van der Waals surface area contributed by atoms with Crippen LogP contribution in [-0.4, -0.2) is 7.11 Å². The van der Waals surface area contributed by atoms with E-state index in [9.17, 15) is 0 Å². The second-order valence-corrected chi connectivity index (χ2v) is 5.75. The summed E-state index contributed by atoms with van der Waals surface area (Å²) >= 11 is 30.2. The largest absolute Gasteiger partial charge is 0.495 e. The normalized spacial score (nSPS) is 10.6. The number of hydrogen-bond acceptors (Lipinski definition) is 1. The smallest absolute Gasteiger partial charge is 0.138 e. The minimum atomic E-state index is 0.382. The Hall–Kier alpha value is -0.310. The monoisotopic (exact) mass is 354 g/mol. The lowest BCUT2D eigenvalue weighted by Gasteiger charge is -2.11. The van der Waals surface area contributed by atoms with E-state index in [1.807, 2.05) is 0 Å². The topological polar surface area (TPSA) is 9.23 Å². The van der Waals surface area contributed by atoms with E-state index < -0.39 is 0 Å². The van der Waals surface area contributed by atoms with E-state index in [4.69, 9.17) is 62.7 Å². The van der Waals surface area contributed by atoms with Crippen LogP contribution in [0.15, 0.2) is 24.3 Å². The van der Waals surface area contributed by atoms with Crippen LogP contribution in [0.5, 0.6) is 5.75 Å². The van der Waals surface area contributed by atoms with Crippen molar-refractivity contribution in [3.63, 3.8) is 0 Å². The fraction of sp³-hybridized carbons (Fsp3) is 0.0769. The first-order valence-electron chi connectivity index (χ1n) is 5.12.